The minimum Gasteiger partial charge on any atom is -0.508 e. The number of rotatable bonds is 2. The third-order valence-electron chi connectivity index (χ3n) is 2.66. The van der Waals surface area contributed by atoms with Crippen LogP contribution in [-0.4, -0.2) is 16.1 Å². The molecule has 5 N–H and O–H groups in total. The van der Waals surface area contributed by atoms with Crippen LogP contribution in [0.2, 0.25) is 0 Å². The summed E-state index contributed by atoms with van der Waals surface area (Å²) in [4.78, 5) is 12.0. The summed E-state index contributed by atoms with van der Waals surface area (Å²) in [6.07, 6.45) is 0. The van der Waals surface area contributed by atoms with Gasteiger partial charge in [-0.15, -0.1) is 0 Å². The van der Waals surface area contributed by atoms with E-state index in [1.54, 1.807) is 18.2 Å². The molecule has 0 saturated carbocycles. The predicted molar refractivity (Wildman–Crippen MR) is 73.3 cm³/mol. The monoisotopic (exact) mass is 258 g/mol. The zero-order chi connectivity index (χ0) is 14.0. The lowest BCUT2D eigenvalue weighted by Gasteiger charge is -2.09. The van der Waals surface area contributed by atoms with E-state index in [4.69, 9.17) is 5.73 Å². The van der Waals surface area contributed by atoms with Crippen molar-refractivity contribution in [2.45, 2.75) is 6.92 Å². The number of amides is 1. The van der Waals surface area contributed by atoms with E-state index in [0.717, 1.165) is 11.6 Å². The molecule has 0 unspecified atom stereocenters. The zero-order valence-corrected chi connectivity index (χ0v) is 10.3. The number of phenolic OH excluding ortho intramolecular Hbond substituents is 2. The molecule has 5 nitrogen and oxygen atoms in total. The van der Waals surface area contributed by atoms with Gasteiger partial charge in [-0.3, -0.25) is 4.79 Å². The van der Waals surface area contributed by atoms with Crippen LogP contribution < -0.4 is 11.1 Å². The Kier molecular flexibility index (Phi) is 3.29. The van der Waals surface area contributed by atoms with Gasteiger partial charge in [-0.1, -0.05) is 0 Å². The maximum atomic E-state index is 12.0. The zero-order valence-electron chi connectivity index (χ0n) is 10.3. The van der Waals surface area contributed by atoms with Crippen molar-refractivity contribution in [1.82, 2.24) is 0 Å². The van der Waals surface area contributed by atoms with E-state index in [9.17, 15) is 15.0 Å². The molecule has 0 saturated heterocycles. The fourth-order valence-electron chi connectivity index (χ4n) is 1.75. The molecule has 0 aliphatic heterocycles. The fraction of sp³-hybridized carbons (Fsp3) is 0.0714. The number of hydrogen-bond acceptors (Lipinski definition) is 4. The molecule has 0 radical (unpaired) electrons. The standard InChI is InChI=1S/C14H14N2O3/c1-8-4-10(15)2-3-13(8)16-14(19)9-5-11(17)7-12(18)6-9/h2-7,17-18H,15H2,1H3,(H,16,19). The SMILES string of the molecule is Cc1cc(N)ccc1NC(=O)c1cc(O)cc(O)c1. The van der Waals surface area contributed by atoms with Crippen LogP contribution in [0.15, 0.2) is 36.4 Å². The van der Waals surface area contributed by atoms with Crippen molar-refractivity contribution < 1.29 is 15.0 Å². The second kappa shape index (κ2) is 4.89. The van der Waals surface area contributed by atoms with Gasteiger partial charge in [0.25, 0.3) is 5.91 Å². The molecule has 0 aromatic heterocycles. The smallest absolute Gasteiger partial charge is 0.255 e. The largest absolute Gasteiger partial charge is 0.508 e. The summed E-state index contributed by atoms with van der Waals surface area (Å²) in [7, 11) is 0. The van der Waals surface area contributed by atoms with Gasteiger partial charge < -0.3 is 21.3 Å². The summed E-state index contributed by atoms with van der Waals surface area (Å²) in [6.45, 7) is 1.83. The van der Waals surface area contributed by atoms with Crippen molar-refractivity contribution in [2.75, 3.05) is 11.1 Å². The number of hydrogen-bond donors (Lipinski definition) is 4. The number of aromatic hydroxyl groups is 2. The van der Waals surface area contributed by atoms with Gasteiger partial charge in [0.1, 0.15) is 11.5 Å². The molecule has 19 heavy (non-hydrogen) atoms. The van der Waals surface area contributed by atoms with Gasteiger partial charge in [-0.2, -0.15) is 0 Å². The minimum atomic E-state index is -0.418. The average molecular weight is 258 g/mol. The Balaban J connectivity index is 2.25. The number of nitrogen functional groups attached to an aromatic ring is 1. The summed E-state index contributed by atoms with van der Waals surface area (Å²) in [5.41, 5.74) is 7.88. The Bertz CT molecular complexity index is 618. The highest BCUT2D eigenvalue weighted by Gasteiger charge is 2.10. The van der Waals surface area contributed by atoms with Gasteiger partial charge in [0.15, 0.2) is 0 Å². The Morgan fingerprint density at radius 1 is 1.11 bits per heavy atom. The van der Waals surface area contributed by atoms with Crippen LogP contribution in [0.3, 0.4) is 0 Å². The normalized spacial score (nSPS) is 10.2. The third-order valence-corrected chi connectivity index (χ3v) is 2.66. The van der Waals surface area contributed by atoms with E-state index in [-0.39, 0.29) is 17.1 Å². The van der Waals surface area contributed by atoms with Crippen molar-refractivity contribution in [2.24, 2.45) is 0 Å². The maximum Gasteiger partial charge on any atom is 0.255 e. The second-order valence-corrected chi connectivity index (χ2v) is 4.27. The first-order chi connectivity index (χ1) is 8.95. The van der Waals surface area contributed by atoms with Crippen LogP contribution in [0, 0.1) is 6.92 Å². The Labute approximate surface area is 110 Å². The third kappa shape index (κ3) is 2.95. The van der Waals surface area contributed by atoms with E-state index in [1.807, 2.05) is 6.92 Å². The number of nitrogens with one attached hydrogen (secondary N) is 1. The average Bonchev–Trinajstić information content (AvgIpc) is 2.31. The lowest BCUT2D eigenvalue weighted by Crippen LogP contribution is -2.12. The Hall–Kier alpha value is -2.69. The van der Waals surface area contributed by atoms with Crippen molar-refractivity contribution >= 4 is 17.3 Å². The van der Waals surface area contributed by atoms with Crippen LogP contribution in [0.5, 0.6) is 11.5 Å². The molecule has 1 amide bonds. The lowest BCUT2D eigenvalue weighted by molar-refractivity contribution is 0.102. The topological polar surface area (TPSA) is 95.6 Å². The van der Waals surface area contributed by atoms with Crippen LogP contribution in [0.25, 0.3) is 0 Å². The highest BCUT2D eigenvalue weighted by Crippen LogP contribution is 2.22. The minimum absolute atomic E-state index is 0.167. The molecule has 2 aromatic rings. The summed E-state index contributed by atoms with van der Waals surface area (Å²) < 4.78 is 0. The van der Waals surface area contributed by atoms with Gasteiger partial charge >= 0.3 is 0 Å². The number of nitrogens with two attached hydrogens (primary N) is 1. The molecule has 5 heteroatoms. The summed E-state index contributed by atoms with van der Waals surface area (Å²) in [6, 6.07) is 8.85. The molecular formula is C14H14N2O3. The molecule has 0 fully saturated rings. The molecule has 0 bridgehead atoms. The second-order valence-electron chi connectivity index (χ2n) is 4.27. The molecule has 0 aliphatic carbocycles. The molecule has 0 aliphatic rings. The molecule has 0 atom stereocenters. The first kappa shape index (κ1) is 12.8. The van der Waals surface area contributed by atoms with E-state index < -0.39 is 5.91 Å². The summed E-state index contributed by atoms with van der Waals surface area (Å²) >= 11 is 0. The van der Waals surface area contributed by atoms with Crippen molar-refractivity contribution in [3.05, 3.63) is 47.5 Å². The van der Waals surface area contributed by atoms with Crippen molar-refractivity contribution in [3.63, 3.8) is 0 Å². The molecule has 0 spiro atoms. The number of carbonyl (C=O) groups is 1. The fourth-order valence-corrected chi connectivity index (χ4v) is 1.75. The number of anilines is 2. The van der Waals surface area contributed by atoms with Gasteiger partial charge in [0.2, 0.25) is 0 Å². The van der Waals surface area contributed by atoms with E-state index in [2.05, 4.69) is 5.32 Å². The van der Waals surface area contributed by atoms with Gasteiger partial charge in [-0.05, 0) is 42.8 Å². The van der Waals surface area contributed by atoms with Crippen LogP contribution in [-0.2, 0) is 0 Å². The molecular weight excluding hydrogens is 244 g/mol. The van der Waals surface area contributed by atoms with Gasteiger partial charge in [-0.25, -0.2) is 0 Å². The highest BCUT2D eigenvalue weighted by atomic mass is 16.3. The van der Waals surface area contributed by atoms with E-state index >= 15 is 0 Å². The van der Waals surface area contributed by atoms with Crippen molar-refractivity contribution in [1.29, 1.82) is 0 Å². The summed E-state index contributed by atoms with van der Waals surface area (Å²) in [5.74, 6) is -0.752. The first-order valence-electron chi connectivity index (χ1n) is 5.66. The molecule has 0 heterocycles. The van der Waals surface area contributed by atoms with Gasteiger partial charge in [0, 0.05) is 23.0 Å². The first-order valence-corrected chi connectivity index (χ1v) is 5.66. The van der Waals surface area contributed by atoms with E-state index in [1.165, 1.54) is 12.1 Å². The number of carbonyl (C=O) groups excluding carboxylic acids is 1. The van der Waals surface area contributed by atoms with Crippen LogP contribution in [0.1, 0.15) is 15.9 Å². The maximum absolute atomic E-state index is 12.0. The van der Waals surface area contributed by atoms with Crippen LogP contribution in [0.4, 0.5) is 11.4 Å². The van der Waals surface area contributed by atoms with Crippen LogP contribution >= 0.6 is 0 Å². The lowest BCUT2D eigenvalue weighted by atomic mass is 10.1. The molecule has 2 rings (SSSR count). The predicted octanol–water partition coefficient (Wildman–Crippen LogP) is 2.24. The van der Waals surface area contributed by atoms with Gasteiger partial charge in [0.05, 0.1) is 0 Å². The Morgan fingerprint density at radius 2 is 1.74 bits per heavy atom. The Morgan fingerprint density at radius 3 is 2.32 bits per heavy atom. The number of aryl methyl sites for hydroxylation is 1. The molecule has 98 valence electrons. The van der Waals surface area contributed by atoms with Crippen molar-refractivity contribution in [3.8, 4) is 11.5 Å². The number of phenols is 2. The van der Waals surface area contributed by atoms with E-state index in [0.29, 0.717) is 11.4 Å². The molecule has 2 aromatic carbocycles. The summed E-state index contributed by atoms with van der Waals surface area (Å²) in [5, 5.41) is 21.4. The number of benzene rings is 2. The highest BCUT2D eigenvalue weighted by molar-refractivity contribution is 6.05. The quantitative estimate of drug-likeness (QED) is 0.621.